The number of pyridine rings is 1. The maximum absolute atomic E-state index is 13.1. The molecule has 0 radical (unpaired) electrons. The zero-order chi connectivity index (χ0) is 28.8. The lowest BCUT2D eigenvalue weighted by atomic mass is 10.0. The fourth-order valence-electron chi connectivity index (χ4n) is 4.07. The molecule has 39 heavy (non-hydrogen) atoms. The van der Waals surface area contributed by atoms with E-state index in [1.54, 1.807) is 12.1 Å². The number of amides is 1. The van der Waals surface area contributed by atoms with Crippen LogP contribution in [0.4, 0.5) is 18.9 Å². The molecule has 2 N–H and O–H groups in total. The van der Waals surface area contributed by atoms with E-state index in [-0.39, 0.29) is 16.7 Å². The molecule has 6 nitrogen and oxygen atoms in total. The fourth-order valence-corrected chi connectivity index (χ4v) is 5.43. The van der Waals surface area contributed by atoms with Gasteiger partial charge in [-0.05, 0) is 80.0 Å². The van der Waals surface area contributed by atoms with E-state index in [4.69, 9.17) is 9.41 Å². The van der Waals surface area contributed by atoms with E-state index in [1.165, 1.54) is 12.1 Å². The highest BCUT2D eigenvalue weighted by atomic mass is 28.4. The number of H-pyrrole nitrogens is 1. The van der Waals surface area contributed by atoms with Crippen LogP contribution in [0.5, 0.6) is 0 Å². The van der Waals surface area contributed by atoms with E-state index in [0.29, 0.717) is 17.0 Å². The van der Waals surface area contributed by atoms with Crippen LogP contribution in [0.2, 0.25) is 18.1 Å². The molecule has 0 aliphatic heterocycles. The SMILES string of the molecule is Cc1ccc(NC(=O)c2cccc(C(F)(F)F)c2)cc1-c1ccc2c([C@H](C)O[Si](C)(C)C(C)(C)C)[nH]nc2n1. The lowest BCUT2D eigenvalue weighted by molar-refractivity contribution is -0.137. The van der Waals surface area contributed by atoms with Crippen LogP contribution in [0.3, 0.4) is 0 Å². The van der Waals surface area contributed by atoms with Gasteiger partial charge in [0.15, 0.2) is 14.0 Å². The summed E-state index contributed by atoms with van der Waals surface area (Å²) in [6, 6.07) is 13.5. The summed E-state index contributed by atoms with van der Waals surface area (Å²) in [5, 5.41) is 11.2. The highest BCUT2D eigenvalue weighted by Gasteiger charge is 2.39. The molecule has 0 spiro atoms. The summed E-state index contributed by atoms with van der Waals surface area (Å²) < 4.78 is 45.7. The van der Waals surface area contributed by atoms with Crippen molar-refractivity contribution in [2.45, 2.75) is 65.0 Å². The Morgan fingerprint density at radius 1 is 1.05 bits per heavy atom. The number of benzene rings is 2. The molecular weight excluding hydrogens is 521 g/mol. The van der Waals surface area contributed by atoms with Crippen molar-refractivity contribution in [3.05, 3.63) is 77.0 Å². The van der Waals surface area contributed by atoms with Crippen LogP contribution in [0.15, 0.2) is 54.6 Å². The molecule has 2 aromatic carbocycles. The second-order valence-corrected chi connectivity index (χ2v) is 16.0. The van der Waals surface area contributed by atoms with Gasteiger partial charge in [0.1, 0.15) is 0 Å². The van der Waals surface area contributed by atoms with Gasteiger partial charge >= 0.3 is 6.18 Å². The van der Waals surface area contributed by atoms with E-state index in [2.05, 4.69) is 49.4 Å². The first-order valence-electron chi connectivity index (χ1n) is 12.7. The molecule has 10 heteroatoms. The second-order valence-electron chi connectivity index (χ2n) is 11.3. The van der Waals surface area contributed by atoms with Crippen LogP contribution in [-0.4, -0.2) is 29.4 Å². The Balaban J connectivity index is 1.59. The highest BCUT2D eigenvalue weighted by molar-refractivity contribution is 6.74. The standard InChI is InChI=1S/C29H33F3N4O2Si/c1-17-11-12-21(33-27(37)19-9-8-10-20(15-19)29(30,31)32)16-23(17)24-14-13-22-25(35-36-26(22)34-24)18(2)38-39(6,7)28(3,4)5/h8-16,18H,1-7H3,(H,33,37)(H,34,35,36)/t18-/m0/s1. The van der Waals surface area contributed by atoms with Crippen LogP contribution < -0.4 is 5.32 Å². The third-order valence-electron chi connectivity index (χ3n) is 7.36. The van der Waals surface area contributed by atoms with Crippen LogP contribution in [-0.2, 0) is 10.6 Å². The number of halogens is 3. The van der Waals surface area contributed by atoms with Crippen molar-refractivity contribution in [3.63, 3.8) is 0 Å². The van der Waals surface area contributed by atoms with E-state index >= 15 is 0 Å². The summed E-state index contributed by atoms with van der Waals surface area (Å²) in [6.07, 6.45) is -4.71. The topological polar surface area (TPSA) is 79.9 Å². The molecular formula is C29H33F3N4O2Si. The molecule has 0 bridgehead atoms. The smallest absolute Gasteiger partial charge is 0.409 e. The molecule has 2 aromatic heterocycles. The number of hydrogen-bond donors (Lipinski definition) is 2. The van der Waals surface area contributed by atoms with Gasteiger partial charge in [-0.2, -0.15) is 18.3 Å². The number of rotatable bonds is 6. The largest absolute Gasteiger partial charge is 0.416 e. The van der Waals surface area contributed by atoms with Crippen molar-refractivity contribution >= 4 is 30.9 Å². The van der Waals surface area contributed by atoms with Crippen LogP contribution in [0.1, 0.15) is 61.0 Å². The van der Waals surface area contributed by atoms with E-state index in [9.17, 15) is 18.0 Å². The van der Waals surface area contributed by atoms with Crippen LogP contribution >= 0.6 is 0 Å². The Kier molecular flexibility index (Phi) is 7.48. The van der Waals surface area contributed by atoms with Gasteiger partial charge in [0.25, 0.3) is 5.91 Å². The minimum absolute atomic E-state index is 0.0710. The molecule has 4 aromatic rings. The van der Waals surface area contributed by atoms with Crippen molar-refractivity contribution in [1.29, 1.82) is 0 Å². The molecule has 0 saturated heterocycles. The van der Waals surface area contributed by atoms with Crippen LogP contribution in [0.25, 0.3) is 22.3 Å². The number of aromatic nitrogens is 3. The van der Waals surface area contributed by atoms with Crippen molar-refractivity contribution in [2.24, 2.45) is 0 Å². The number of aryl methyl sites for hydroxylation is 1. The summed E-state index contributed by atoms with van der Waals surface area (Å²) in [6.45, 7) is 14.9. The Bertz CT molecular complexity index is 1520. The summed E-state index contributed by atoms with van der Waals surface area (Å²) in [5.74, 6) is -0.632. The maximum Gasteiger partial charge on any atom is 0.416 e. The Labute approximate surface area is 227 Å². The lowest BCUT2D eigenvalue weighted by Crippen LogP contribution is -2.41. The predicted molar refractivity (Wildman–Crippen MR) is 150 cm³/mol. The molecule has 1 amide bonds. The molecule has 0 saturated carbocycles. The minimum Gasteiger partial charge on any atom is -0.409 e. The van der Waals surface area contributed by atoms with Crippen LogP contribution in [0, 0.1) is 6.92 Å². The number of aromatic amines is 1. The average Bonchev–Trinajstić information content (AvgIpc) is 3.27. The van der Waals surface area contributed by atoms with Gasteiger partial charge in [-0.3, -0.25) is 9.89 Å². The third kappa shape index (κ3) is 6.07. The van der Waals surface area contributed by atoms with Crippen molar-refractivity contribution < 1.29 is 22.4 Å². The summed E-state index contributed by atoms with van der Waals surface area (Å²) in [7, 11) is -2.00. The maximum atomic E-state index is 13.1. The number of hydrogen-bond acceptors (Lipinski definition) is 4. The molecule has 0 fully saturated rings. The molecule has 0 aliphatic carbocycles. The molecule has 2 heterocycles. The molecule has 0 aliphatic rings. The van der Waals surface area contributed by atoms with Crippen molar-refractivity contribution in [1.82, 2.24) is 15.2 Å². The van der Waals surface area contributed by atoms with E-state index in [0.717, 1.165) is 34.3 Å². The monoisotopic (exact) mass is 554 g/mol. The Morgan fingerprint density at radius 2 is 1.77 bits per heavy atom. The summed E-state index contributed by atoms with van der Waals surface area (Å²) in [5.41, 5.74) is 3.26. The first-order valence-corrected chi connectivity index (χ1v) is 15.6. The van der Waals surface area contributed by atoms with Gasteiger partial charge < -0.3 is 9.74 Å². The summed E-state index contributed by atoms with van der Waals surface area (Å²) >= 11 is 0. The van der Waals surface area contributed by atoms with Crippen molar-refractivity contribution in [2.75, 3.05) is 5.32 Å². The summed E-state index contributed by atoms with van der Waals surface area (Å²) in [4.78, 5) is 17.5. The quantitative estimate of drug-likeness (QED) is 0.235. The van der Waals surface area contributed by atoms with Gasteiger partial charge in [0.2, 0.25) is 0 Å². The number of anilines is 1. The third-order valence-corrected chi connectivity index (χ3v) is 11.9. The normalized spacial score (nSPS) is 13.5. The highest BCUT2D eigenvalue weighted by Crippen LogP contribution is 2.40. The van der Waals surface area contributed by atoms with Gasteiger partial charge in [-0.25, -0.2) is 4.98 Å². The Morgan fingerprint density at radius 3 is 2.44 bits per heavy atom. The number of nitrogens with one attached hydrogen (secondary N) is 2. The van der Waals surface area contributed by atoms with Gasteiger partial charge in [-0.15, -0.1) is 0 Å². The van der Waals surface area contributed by atoms with E-state index < -0.39 is 26.0 Å². The first kappa shape index (κ1) is 28.5. The zero-order valence-corrected chi connectivity index (χ0v) is 24.1. The number of fused-ring (bicyclic) bond motifs is 1. The number of alkyl halides is 3. The first-order chi connectivity index (χ1) is 18.1. The van der Waals surface area contributed by atoms with Gasteiger partial charge in [0, 0.05) is 22.2 Å². The molecule has 1 atom stereocenters. The fraction of sp³-hybridized carbons (Fsp3) is 0.345. The van der Waals surface area contributed by atoms with Gasteiger partial charge in [-0.1, -0.05) is 32.9 Å². The molecule has 0 unspecified atom stereocenters. The molecule has 206 valence electrons. The zero-order valence-electron chi connectivity index (χ0n) is 23.1. The van der Waals surface area contributed by atoms with Crippen molar-refractivity contribution in [3.8, 4) is 11.3 Å². The van der Waals surface area contributed by atoms with E-state index in [1.807, 2.05) is 32.0 Å². The predicted octanol–water partition coefficient (Wildman–Crippen LogP) is 8.29. The minimum atomic E-state index is -4.53. The number of carbonyl (C=O) groups is 1. The second kappa shape index (κ2) is 10.2. The number of nitrogens with zero attached hydrogens (tertiary/aromatic N) is 2. The molecule has 4 rings (SSSR count). The average molecular weight is 555 g/mol. The lowest BCUT2D eigenvalue weighted by Gasteiger charge is -2.38. The Hall–Kier alpha value is -3.50. The number of carbonyl (C=O) groups excluding carboxylic acids is 1. The van der Waals surface area contributed by atoms with Gasteiger partial charge in [0.05, 0.1) is 23.1 Å².